The zero-order valence-corrected chi connectivity index (χ0v) is 14.1. The fraction of sp³-hybridized carbons (Fsp3) is 0.812. The van der Waals surface area contributed by atoms with Crippen molar-refractivity contribution in [2.75, 3.05) is 44.2 Å². The van der Waals surface area contributed by atoms with Crippen LogP contribution in [-0.2, 0) is 6.42 Å². The number of aryl methyl sites for hydroxylation is 2. The zero-order valence-electron chi connectivity index (χ0n) is 13.3. The first-order valence-corrected chi connectivity index (χ1v) is 9.35. The molecule has 2 aliphatic rings. The highest BCUT2D eigenvalue weighted by atomic mass is 32.2. The number of nitrogens with zero attached hydrogens (tertiary/aromatic N) is 3. The van der Waals surface area contributed by atoms with Crippen LogP contribution in [0, 0.1) is 13.8 Å². The molecule has 2 aliphatic heterocycles. The molecule has 0 spiro atoms. The average molecular weight is 309 g/mol. The molecule has 0 saturated carbocycles. The molecule has 3 heterocycles. The molecule has 2 saturated heterocycles. The Balaban J connectivity index is 1.43. The van der Waals surface area contributed by atoms with Crippen LogP contribution >= 0.6 is 11.8 Å². The molecule has 1 aromatic heterocycles. The molecule has 5 heteroatoms. The van der Waals surface area contributed by atoms with Gasteiger partial charge < -0.3 is 9.42 Å². The summed E-state index contributed by atoms with van der Waals surface area (Å²) in [5.74, 6) is 3.65. The predicted molar refractivity (Wildman–Crippen MR) is 88.0 cm³/mol. The van der Waals surface area contributed by atoms with Crippen LogP contribution in [0.1, 0.15) is 29.9 Å². The first kappa shape index (κ1) is 15.4. The molecule has 3 rings (SSSR count). The van der Waals surface area contributed by atoms with E-state index in [9.17, 15) is 0 Å². The van der Waals surface area contributed by atoms with Gasteiger partial charge in [-0.1, -0.05) is 5.16 Å². The van der Waals surface area contributed by atoms with Crippen LogP contribution in [0.3, 0.4) is 0 Å². The summed E-state index contributed by atoms with van der Waals surface area (Å²) in [6, 6.07) is 0.834. The fourth-order valence-corrected chi connectivity index (χ4v) is 4.51. The number of thioether (sulfide) groups is 1. The van der Waals surface area contributed by atoms with Gasteiger partial charge in [0.2, 0.25) is 0 Å². The Kier molecular flexibility index (Phi) is 5.24. The normalized spacial score (nSPS) is 22.8. The van der Waals surface area contributed by atoms with Crippen LogP contribution in [0.5, 0.6) is 0 Å². The average Bonchev–Trinajstić information content (AvgIpc) is 2.85. The topological polar surface area (TPSA) is 32.5 Å². The Bertz CT molecular complexity index is 429. The van der Waals surface area contributed by atoms with Gasteiger partial charge in [0.15, 0.2) is 0 Å². The smallest absolute Gasteiger partial charge is 0.137 e. The van der Waals surface area contributed by atoms with Crippen molar-refractivity contribution in [3.05, 3.63) is 17.0 Å². The minimum atomic E-state index is 0.834. The summed E-state index contributed by atoms with van der Waals surface area (Å²) in [4.78, 5) is 5.34. The Morgan fingerprint density at radius 1 is 1.14 bits per heavy atom. The monoisotopic (exact) mass is 309 g/mol. The number of piperidine rings is 1. The highest BCUT2D eigenvalue weighted by molar-refractivity contribution is 7.99. The Morgan fingerprint density at radius 2 is 1.86 bits per heavy atom. The molecule has 0 amide bonds. The molecule has 0 unspecified atom stereocenters. The predicted octanol–water partition coefficient (Wildman–Crippen LogP) is 2.35. The maximum Gasteiger partial charge on any atom is 0.137 e. The van der Waals surface area contributed by atoms with E-state index in [-0.39, 0.29) is 0 Å². The molecular weight excluding hydrogens is 282 g/mol. The second-order valence-corrected chi connectivity index (χ2v) is 7.50. The van der Waals surface area contributed by atoms with Gasteiger partial charge in [0, 0.05) is 42.7 Å². The van der Waals surface area contributed by atoms with E-state index in [4.69, 9.17) is 4.52 Å². The van der Waals surface area contributed by atoms with Crippen molar-refractivity contribution in [3.63, 3.8) is 0 Å². The van der Waals surface area contributed by atoms with Crippen molar-refractivity contribution in [1.29, 1.82) is 0 Å². The largest absolute Gasteiger partial charge is 0.361 e. The first-order chi connectivity index (χ1) is 10.2. The summed E-state index contributed by atoms with van der Waals surface area (Å²) in [6.07, 6.45) is 3.75. The van der Waals surface area contributed by atoms with Crippen LogP contribution in [0.2, 0.25) is 0 Å². The lowest BCUT2D eigenvalue weighted by Gasteiger charge is -2.40. The van der Waals surface area contributed by atoms with E-state index in [2.05, 4.69) is 26.7 Å². The zero-order chi connectivity index (χ0) is 14.7. The van der Waals surface area contributed by atoms with E-state index in [1.165, 1.54) is 56.1 Å². The van der Waals surface area contributed by atoms with Crippen molar-refractivity contribution in [1.82, 2.24) is 15.0 Å². The molecular formula is C16H27N3OS. The molecule has 0 radical (unpaired) electrons. The number of hydrogen-bond acceptors (Lipinski definition) is 5. The van der Waals surface area contributed by atoms with E-state index in [1.807, 2.05) is 13.8 Å². The van der Waals surface area contributed by atoms with E-state index in [0.29, 0.717) is 0 Å². The maximum absolute atomic E-state index is 5.25. The van der Waals surface area contributed by atoms with Crippen LogP contribution < -0.4 is 0 Å². The van der Waals surface area contributed by atoms with Crippen molar-refractivity contribution in [2.45, 2.75) is 39.2 Å². The minimum absolute atomic E-state index is 0.834. The van der Waals surface area contributed by atoms with Gasteiger partial charge in [-0.25, -0.2) is 0 Å². The lowest BCUT2D eigenvalue weighted by atomic mass is 10.0. The third kappa shape index (κ3) is 3.82. The van der Waals surface area contributed by atoms with Gasteiger partial charge in [0.05, 0.1) is 5.69 Å². The number of likely N-dealkylation sites (tertiary alicyclic amines) is 1. The summed E-state index contributed by atoms with van der Waals surface area (Å²) in [7, 11) is 0. The minimum Gasteiger partial charge on any atom is -0.361 e. The lowest BCUT2D eigenvalue weighted by Crippen LogP contribution is -2.48. The summed E-state index contributed by atoms with van der Waals surface area (Å²) < 4.78 is 5.25. The summed E-state index contributed by atoms with van der Waals surface area (Å²) >= 11 is 2.11. The lowest BCUT2D eigenvalue weighted by molar-refractivity contribution is 0.117. The Labute approximate surface area is 132 Å². The van der Waals surface area contributed by atoms with Gasteiger partial charge in [0.1, 0.15) is 5.76 Å². The van der Waals surface area contributed by atoms with Crippen molar-refractivity contribution in [3.8, 4) is 0 Å². The van der Waals surface area contributed by atoms with Gasteiger partial charge in [-0.2, -0.15) is 11.8 Å². The molecule has 21 heavy (non-hydrogen) atoms. The molecule has 0 aliphatic carbocycles. The Hall–Kier alpha value is -0.520. The number of hydrogen-bond donors (Lipinski definition) is 0. The van der Waals surface area contributed by atoms with Gasteiger partial charge in [-0.3, -0.25) is 4.90 Å². The number of rotatable bonds is 4. The fourth-order valence-electron chi connectivity index (χ4n) is 3.58. The SMILES string of the molecule is Cc1noc(C)c1CCN1CCC(N2CCSCC2)CC1. The second-order valence-electron chi connectivity index (χ2n) is 6.27. The summed E-state index contributed by atoms with van der Waals surface area (Å²) in [6.45, 7) is 10.3. The van der Waals surface area contributed by atoms with E-state index < -0.39 is 0 Å². The molecule has 4 nitrogen and oxygen atoms in total. The van der Waals surface area contributed by atoms with Crippen LogP contribution in [0.15, 0.2) is 4.52 Å². The van der Waals surface area contributed by atoms with Gasteiger partial charge in [-0.05, 0) is 46.2 Å². The van der Waals surface area contributed by atoms with Crippen LogP contribution in [0.4, 0.5) is 0 Å². The van der Waals surface area contributed by atoms with Crippen LogP contribution in [0.25, 0.3) is 0 Å². The quantitative estimate of drug-likeness (QED) is 0.852. The van der Waals surface area contributed by atoms with Crippen molar-refractivity contribution < 1.29 is 4.52 Å². The molecule has 1 aromatic rings. The first-order valence-electron chi connectivity index (χ1n) is 8.20. The van der Waals surface area contributed by atoms with Gasteiger partial charge in [0.25, 0.3) is 0 Å². The molecule has 0 N–H and O–H groups in total. The highest BCUT2D eigenvalue weighted by Crippen LogP contribution is 2.21. The highest BCUT2D eigenvalue weighted by Gasteiger charge is 2.25. The maximum atomic E-state index is 5.25. The van der Waals surface area contributed by atoms with Crippen LogP contribution in [-0.4, -0.2) is 65.2 Å². The third-order valence-electron chi connectivity index (χ3n) is 4.98. The molecule has 2 fully saturated rings. The Morgan fingerprint density at radius 3 is 2.48 bits per heavy atom. The van der Waals surface area contributed by atoms with Gasteiger partial charge >= 0.3 is 0 Å². The van der Waals surface area contributed by atoms with E-state index in [1.54, 1.807) is 0 Å². The summed E-state index contributed by atoms with van der Waals surface area (Å²) in [5.41, 5.74) is 2.37. The van der Waals surface area contributed by atoms with Gasteiger partial charge in [-0.15, -0.1) is 0 Å². The molecule has 0 bridgehead atoms. The molecule has 0 aromatic carbocycles. The number of aromatic nitrogens is 1. The molecule has 0 atom stereocenters. The molecule has 118 valence electrons. The second kappa shape index (κ2) is 7.16. The third-order valence-corrected chi connectivity index (χ3v) is 5.92. The van der Waals surface area contributed by atoms with E-state index in [0.717, 1.165) is 30.5 Å². The van der Waals surface area contributed by atoms with Crippen molar-refractivity contribution in [2.24, 2.45) is 0 Å². The standard InChI is InChI=1S/C16H27N3OS/c1-13-16(14(2)20-17-13)5-8-18-6-3-15(4-7-18)19-9-11-21-12-10-19/h15H,3-12H2,1-2H3. The van der Waals surface area contributed by atoms with E-state index >= 15 is 0 Å². The van der Waals surface area contributed by atoms with Crippen molar-refractivity contribution >= 4 is 11.8 Å². The summed E-state index contributed by atoms with van der Waals surface area (Å²) in [5, 5.41) is 4.05.